The highest BCUT2D eigenvalue weighted by Gasteiger charge is 2.17. The highest BCUT2D eigenvalue weighted by molar-refractivity contribution is 6.02. The van der Waals surface area contributed by atoms with E-state index in [1.807, 2.05) is 0 Å². The lowest BCUT2D eigenvalue weighted by atomic mass is 10.2. The molecule has 6 N–H and O–H groups in total. The molecule has 1 unspecified atom stereocenters. The zero-order valence-electron chi connectivity index (χ0n) is 13.8. The molecule has 9 nitrogen and oxygen atoms in total. The fourth-order valence-electron chi connectivity index (χ4n) is 1.53. The van der Waals surface area contributed by atoms with Crippen molar-refractivity contribution in [3.63, 3.8) is 0 Å². The molecular formula is C15H22N4O5. The lowest BCUT2D eigenvalue weighted by molar-refractivity contribution is -0.131. The number of rotatable bonds is 6. The Bertz CT molecular complexity index is 607. The van der Waals surface area contributed by atoms with Crippen LogP contribution >= 0.6 is 0 Å². The number of ether oxygens (including phenoxy) is 2. The first-order valence-corrected chi connectivity index (χ1v) is 7.07. The van der Waals surface area contributed by atoms with E-state index in [9.17, 15) is 9.59 Å². The second kappa shape index (κ2) is 8.27. The average Bonchev–Trinajstić information content (AvgIpc) is 2.46. The number of amides is 2. The molecule has 1 aromatic rings. The maximum atomic E-state index is 11.6. The predicted molar refractivity (Wildman–Crippen MR) is 87.2 cm³/mol. The van der Waals surface area contributed by atoms with Gasteiger partial charge in [0.05, 0.1) is 0 Å². The first-order valence-electron chi connectivity index (χ1n) is 7.07. The number of amidine groups is 1. The first kappa shape index (κ1) is 19.4. The lowest BCUT2D eigenvalue weighted by Gasteiger charge is -2.17. The van der Waals surface area contributed by atoms with Gasteiger partial charge in [0.1, 0.15) is 23.8 Å². The van der Waals surface area contributed by atoms with Gasteiger partial charge in [0.15, 0.2) is 6.10 Å². The molecule has 2 amide bonds. The molecule has 1 aromatic carbocycles. The second-order valence-corrected chi connectivity index (χ2v) is 5.84. The van der Waals surface area contributed by atoms with E-state index >= 15 is 0 Å². The van der Waals surface area contributed by atoms with Crippen molar-refractivity contribution >= 4 is 17.8 Å². The van der Waals surface area contributed by atoms with Crippen LogP contribution in [0.25, 0.3) is 0 Å². The van der Waals surface area contributed by atoms with Gasteiger partial charge in [-0.05, 0) is 45.0 Å². The average molecular weight is 338 g/mol. The van der Waals surface area contributed by atoms with E-state index in [1.54, 1.807) is 45.0 Å². The molecule has 0 saturated carbocycles. The van der Waals surface area contributed by atoms with Gasteiger partial charge in [0.2, 0.25) is 0 Å². The Morgan fingerprint density at radius 2 is 1.75 bits per heavy atom. The molecule has 0 heterocycles. The van der Waals surface area contributed by atoms with Crippen LogP contribution in [0.3, 0.4) is 0 Å². The predicted octanol–water partition coefficient (Wildman–Crippen LogP) is 0.450. The minimum atomic E-state index is -1.05. The molecule has 1 atom stereocenters. The Labute approximate surface area is 139 Å². The highest BCUT2D eigenvalue weighted by atomic mass is 16.6. The summed E-state index contributed by atoms with van der Waals surface area (Å²) in [5.74, 6) is 4.65. The summed E-state index contributed by atoms with van der Waals surface area (Å²) in [7, 11) is 0. The Hall–Kier alpha value is -2.65. The summed E-state index contributed by atoms with van der Waals surface area (Å²) in [5, 5.41) is 0. The molecule has 24 heavy (non-hydrogen) atoms. The van der Waals surface area contributed by atoms with E-state index in [2.05, 4.69) is 9.83 Å². The molecule has 9 heteroatoms. The van der Waals surface area contributed by atoms with Gasteiger partial charge in [0.25, 0.3) is 5.91 Å². The van der Waals surface area contributed by atoms with Crippen LogP contribution in [-0.2, 0) is 14.4 Å². The van der Waals surface area contributed by atoms with Crippen LogP contribution in [0.15, 0.2) is 29.3 Å². The fraction of sp³-hybridized carbons (Fsp3) is 0.400. The van der Waals surface area contributed by atoms with Crippen molar-refractivity contribution in [3.05, 3.63) is 29.8 Å². The molecule has 0 aromatic heterocycles. The van der Waals surface area contributed by atoms with Crippen molar-refractivity contribution in [2.45, 2.75) is 32.5 Å². The summed E-state index contributed by atoms with van der Waals surface area (Å²) in [6.45, 7) is 5.06. The molecule has 0 fully saturated rings. The highest BCUT2D eigenvalue weighted by Crippen LogP contribution is 2.13. The Kier molecular flexibility index (Phi) is 6.69. The van der Waals surface area contributed by atoms with Gasteiger partial charge < -0.3 is 20.9 Å². The SMILES string of the molecule is CC(C)(C)OC(=O)N=C(N)c1ccc(OCC(ON)C(N)=O)cc1. The molecule has 0 bridgehead atoms. The van der Waals surface area contributed by atoms with Crippen LogP contribution in [0.1, 0.15) is 26.3 Å². The summed E-state index contributed by atoms with van der Waals surface area (Å²) in [6.07, 6.45) is -1.83. The molecule has 0 aliphatic rings. The van der Waals surface area contributed by atoms with Crippen LogP contribution in [0.5, 0.6) is 5.75 Å². The minimum Gasteiger partial charge on any atom is -0.490 e. The molecule has 1 rings (SSSR count). The number of aliphatic imine (C=N–C) groups is 1. The van der Waals surface area contributed by atoms with Crippen LogP contribution in [0.2, 0.25) is 0 Å². The topological polar surface area (TPSA) is 152 Å². The van der Waals surface area contributed by atoms with Gasteiger partial charge in [-0.1, -0.05) is 0 Å². The first-order chi connectivity index (χ1) is 11.1. The normalized spacial score (nSPS) is 13.2. The molecule has 0 aliphatic carbocycles. The van der Waals surface area contributed by atoms with E-state index in [0.717, 1.165) is 0 Å². The number of carbonyl (C=O) groups is 2. The molecule has 132 valence electrons. The standard InChI is InChI=1S/C15H22N4O5/c1-15(2,3)23-14(21)19-12(16)9-4-6-10(7-5-9)22-8-11(24-18)13(17)20/h4-7,11H,8,18H2,1-3H3,(H2,17,20)(H2,16,19,21). The number of nitrogens with two attached hydrogens (primary N) is 3. The van der Waals surface area contributed by atoms with Crippen molar-refractivity contribution in [3.8, 4) is 5.75 Å². The van der Waals surface area contributed by atoms with E-state index in [1.165, 1.54) is 0 Å². The molecule has 0 radical (unpaired) electrons. The van der Waals surface area contributed by atoms with E-state index in [4.69, 9.17) is 26.8 Å². The Balaban J connectivity index is 2.69. The van der Waals surface area contributed by atoms with Crippen molar-refractivity contribution < 1.29 is 23.9 Å². The van der Waals surface area contributed by atoms with Crippen LogP contribution in [0, 0.1) is 0 Å². The quantitative estimate of drug-likeness (QED) is 0.387. The molecule has 0 spiro atoms. The van der Waals surface area contributed by atoms with Gasteiger partial charge >= 0.3 is 6.09 Å². The summed E-state index contributed by atoms with van der Waals surface area (Å²) < 4.78 is 10.4. The van der Waals surface area contributed by atoms with Crippen LogP contribution in [-0.4, -0.2) is 36.1 Å². The third-order valence-electron chi connectivity index (χ3n) is 2.64. The maximum absolute atomic E-state index is 11.6. The fourth-order valence-corrected chi connectivity index (χ4v) is 1.53. The van der Waals surface area contributed by atoms with Gasteiger partial charge in [-0.2, -0.15) is 4.99 Å². The lowest BCUT2D eigenvalue weighted by Crippen LogP contribution is -2.38. The number of nitrogens with zero attached hydrogens (tertiary/aromatic N) is 1. The summed E-state index contributed by atoms with van der Waals surface area (Å²) in [4.78, 5) is 30.6. The molecule has 0 aliphatic heterocycles. The van der Waals surface area contributed by atoms with E-state index in [0.29, 0.717) is 11.3 Å². The Morgan fingerprint density at radius 3 is 2.21 bits per heavy atom. The van der Waals surface area contributed by atoms with Gasteiger partial charge in [0, 0.05) is 5.56 Å². The third-order valence-corrected chi connectivity index (χ3v) is 2.64. The van der Waals surface area contributed by atoms with Crippen molar-refractivity contribution in [2.24, 2.45) is 22.4 Å². The van der Waals surface area contributed by atoms with Gasteiger partial charge in [-0.25, -0.2) is 10.7 Å². The number of hydrogen-bond acceptors (Lipinski definition) is 6. The third kappa shape index (κ3) is 6.63. The zero-order valence-corrected chi connectivity index (χ0v) is 13.8. The number of primary amides is 1. The van der Waals surface area contributed by atoms with Crippen molar-refractivity contribution in [1.29, 1.82) is 0 Å². The van der Waals surface area contributed by atoms with Gasteiger partial charge in [-0.15, -0.1) is 0 Å². The number of hydrogen-bond donors (Lipinski definition) is 3. The molecular weight excluding hydrogens is 316 g/mol. The largest absolute Gasteiger partial charge is 0.490 e. The second-order valence-electron chi connectivity index (χ2n) is 5.84. The molecule has 0 saturated heterocycles. The monoisotopic (exact) mass is 338 g/mol. The van der Waals surface area contributed by atoms with Crippen molar-refractivity contribution in [1.82, 2.24) is 0 Å². The summed E-state index contributed by atoms with van der Waals surface area (Å²) in [6, 6.07) is 6.37. The van der Waals surface area contributed by atoms with E-state index in [-0.39, 0.29) is 12.4 Å². The van der Waals surface area contributed by atoms with Crippen LogP contribution < -0.4 is 22.1 Å². The van der Waals surface area contributed by atoms with Gasteiger partial charge in [-0.3, -0.25) is 9.63 Å². The van der Waals surface area contributed by atoms with E-state index < -0.39 is 23.7 Å². The smallest absolute Gasteiger partial charge is 0.436 e. The minimum absolute atomic E-state index is 0.0103. The zero-order chi connectivity index (χ0) is 18.3. The summed E-state index contributed by atoms with van der Waals surface area (Å²) in [5.41, 5.74) is 10.7. The number of carbonyl (C=O) groups excluding carboxylic acids is 2. The maximum Gasteiger partial charge on any atom is 0.436 e. The van der Waals surface area contributed by atoms with Crippen molar-refractivity contribution in [2.75, 3.05) is 6.61 Å². The summed E-state index contributed by atoms with van der Waals surface area (Å²) >= 11 is 0. The number of benzene rings is 1. The Morgan fingerprint density at radius 1 is 1.17 bits per heavy atom. The van der Waals surface area contributed by atoms with Crippen LogP contribution in [0.4, 0.5) is 4.79 Å².